The summed E-state index contributed by atoms with van der Waals surface area (Å²) in [6.07, 6.45) is -0.520. The van der Waals surface area contributed by atoms with Crippen molar-refractivity contribution >= 4 is 0 Å². The van der Waals surface area contributed by atoms with E-state index in [2.05, 4.69) is 4.90 Å². The van der Waals surface area contributed by atoms with Crippen molar-refractivity contribution in [3.63, 3.8) is 0 Å². The van der Waals surface area contributed by atoms with Gasteiger partial charge in [-0.15, -0.1) is 0 Å². The van der Waals surface area contributed by atoms with E-state index in [0.717, 1.165) is 0 Å². The van der Waals surface area contributed by atoms with Crippen LogP contribution in [-0.2, 0) is 9.47 Å². The molecule has 0 radical (unpaired) electrons. The summed E-state index contributed by atoms with van der Waals surface area (Å²) in [5.41, 5.74) is -4.55. The summed E-state index contributed by atoms with van der Waals surface area (Å²) < 4.78 is 11.8. The van der Waals surface area contributed by atoms with Gasteiger partial charge in [-0.3, -0.25) is 4.90 Å². The van der Waals surface area contributed by atoms with Crippen molar-refractivity contribution in [2.75, 3.05) is 33.9 Å². The highest BCUT2D eigenvalue weighted by Gasteiger charge is 2.91. The first-order valence-electron chi connectivity index (χ1n) is 11.9. The Kier molecular flexibility index (Phi) is 4.26. The summed E-state index contributed by atoms with van der Waals surface area (Å²) in [5, 5.41) is 58.9. The second kappa shape index (κ2) is 6.21. The lowest BCUT2D eigenvalue weighted by Gasteiger charge is -2.69. The molecule has 0 amide bonds. The minimum absolute atomic E-state index is 0.0478. The number of nitrogens with zero attached hydrogens (tertiary/aromatic N) is 1. The van der Waals surface area contributed by atoms with Gasteiger partial charge in [-0.05, 0) is 31.7 Å². The van der Waals surface area contributed by atoms with Crippen LogP contribution in [0.15, 0.2) is 0 Å². The molecule has 5 saturated carbocycles. The molecule has 1 aliphatic heterocycles. The molecule has 0 aromatic rings. The van der Waals surface area contributed by atoms with Crippen molar-refractivity contribution in [2.24, 2.45) is 34.5 Å². The maximum Gasteiger partial charge on any atom is 0.136 e. The van der Waals surface area contributed by atoms with Gasteiger partial charge in [0.25, 0.3) is 0 Å². The predicted molar refractivity (Wildman–Crippen MR) is 109 cm³/mol. The Bertz CT molecular complexity index is 783. The number of ether oxygens (including phenoxy) is 2. The zero-order chi connectivity index (χ0) is 22.1. The van der Waals surface area contributed by atoms with Gasteiger partial charge in [-0.2, -0.15) is 0 Å². The molecule has 7 bridgehead atoms. The number of fused-ring (bicyclic) bond motifs is 2. The van der Waals surface area contributed by atoms with Crippen LogP contribution in [0.25, 0.3) is 0 Å². The van der Waals surface area contributed by atoms with Crippen LogP contribution < -0.4 is 0 Å². The monoisotopic (exact) mass is 439 g/mol. The molecule has 31 heavy (non-hydrogen) atoms. The van der Waals surface area contributed by atoms with Crippen LogP contribution in [0.4, 0.5) is 0 Å². The second-order valence-corrected chi connectivity index (χ2v) is 11.4. The van der Waals surface area contributed by atoms with Crippen molar-refractivity contribution in [1.29, 1.82) is 0 Å². The first-order valence-corrected chi connectivity index (χ1v) is 11.9. The first kappa shape index (κ1) is 21.2. The Labute approximate surface area is 183 Å². The van der Waals surface area contributed by atoms with E-state index in [-0.39, 0.29) is 36.9 Å². The van der Waals surface area contributed by atoms with Crippen LogP contribution in [0.1, 0.15) is 32.6 Å². The fraction of sp³-hybridized carbons (Fsp3) is 1.00. The van der Waals surface area contributed by atoms with E-state index in [1.165, 1.54) is 0 Å². The van der Waals surface area contributed by atoms with E-state index in [9.17, 15) is 25.5 Å². The second-order valence-electron chi connectivity index (χ2n) is 11.4. The maximum absolute atomic E-state index is 12.7. The molecule has 0 aromatic heterocycles. The van der Waals surface area contributed by atoms with Crippen LogP contribution >= 0.6 is 0 Å². The van der Waals surface area contributed by atoms with Crippen molar-refractivity contribution in [1.82, 2.24) is 4.90 Å². The molecule has 6 aliphatic rings. The molecular weight excluding hydrogens is 402 g/mol. The zero-order valence-corrected chi connectivity index (χ0v) is 18.6. The average molecular weight is 440 g/mol. The number of likely N-dealkylation sites (tertiary alicyclic amines) is 1. The molecule has 6 rings (SSSR count). The molecule has 1 spiro atoms. The van der Waals surface area contributed by atoms with E-state index >= 15 is 0 Å². The molecule has 8 heteroatoms. The Morgan fingerprint density at radius 3 is 2.48 bits per heavy atom. The normalized spacial score (nSPS) is 64.1. The van der Waals surface area contributed by atoms with Gasteiger partial charge in [0.15, 0.2) is 0 Å². The fourth-order valence-electron chi connectivity index (χ4n) is 10.4. The van der Waals surface area contributed by atoms with Gasteiger partial charge in [-0.1, -0.05) is 6.92 Å². The van der Waals surface area contributed by atoms with E-state index in [1.807, 2.05) is 6.92 Å². The smallest absolute Gasteiger partial charge is 0.136 e. The third kappa shape index (κ3) is 1.89. The van der Waals surface area contributed by atoms with Crippen molar-refractivity contribution in [2.45, 2.75) is 74.3 Å². The van der Waals surface area contributed by atoms with Crippen LogP contribution in [0.5, 0.6) is 0 Å². The summed E-state index contributed by atoms with van der Waals surface area (Å²) >= 11 is 0. The molecule has 0 aromatic carbocycles. The molecule has 6 fully saturated rings. The van der Waals surface area contributed by atoms with Crippen LogP contribution in [-0.4, -0.2) is 106 Å². The van der Waals surface area contributed by atoms with E-state index in [0.29, 0.717) is 32.4 Å². The topological polar surface area (TPSA) is 123 Å². The van der Waals surface area contributed by atoms with Crippen molar-refractivity contribution in [3.8, 4) is 0 Å². The van der Waals surface area contributed by atoms with Crippen LogP contribution in [0, 0.1) is 34.5 Å². The van der Waals surface area contributed by atoms with Gasteiger partial charge >= 0.3 is 0 Å². The number of rotatable bonds is 4. The van der Waals surface area contributed by atoms with Crippen molar-refractivity contribution < 1.29 is 35.0 Å². The van der Waals surface area contributed by atoms with Gasteiger partial charge in [0.1, 0.15) is 11.2 Å². The van der Waals surface area contributed by atoms with Crippen molar-refractivity contribution in [3.05, 3.63) is 0 Å². The molecule has 13 atom stereocenters. The van der Waals surface area contributed by atoms with Crippen LogP contribution in [0.3, 0.4) is 0 Å². The van der Waals surface area contributed by atoms with Gasteiger partial charge < -0.3 is 35.0 Å². The summed E-state index contributed by atoms with van der Waals surface area (Å²) in [6, 6.07) is -0.497. The van der Waals surface area contributed by atoms with E-state index in [4.69, 9.17) is 9.47 Å². The minimum atomic E-state index is -1.68. The van der Waals surface area contributed by atoms with E-state index < -0.39 is 52.3 Å². The summed E-state index contributed by atoms with van der Waals surface area (Å²) in [7, 11) is 3.16. The maximum atomic E-state index is 12.7. The van der Waals surface area contributed by atoms with Gasteiger partial charge in [0.05, 0.1) is 37.1 Å². The quantitative estimate of drug-likeness (QED) is 0.377. The SMILES string of the molecule is CCN1C[C@]2(CO)CCC(O)[C@@]34[C@@H]5C[C@H]6[C@H](O)[C@@H]5[C@](O)(C[C@@H]6OC)[C@@](O)(C(OC)[C@H]23)[C@@H]14. The molecule has 1 heterocycles. The molecule has 8 nitrogen and oxygen atoms in total. The van der Waals surface area contributed by atoms with Gasteiger partial charge in [0, 0.05) is 55.8 Å². The Morgan fingerprint density at radius 1 is 1.13 bits per heavy atom. The number of hydrogen-bond acceptors (Lipinski definition) is 8. The highest BCUT2D eigenvalue weighted by molar-refractivity contribution is 5.41. The number of likely N-dealkylation sites (N-methyl/N-ethyl adjacent to an activating group) is 1. The fourth-order valence-corrected chi connectivity index (χ4v) is 10.4. The van der Waals surface area contributed by atoms with Gasteiger partial charge in [-0.25, -0.2) is 0 Å². The molecule has 1 saturated heterocycles. The minimum Gasteiger partial charge on any atom is -0.396 e. The highest BCUT2D eigenvalue weighted by atomic mass is 16.5. The third-order valence-electron chi connectivity index (χ3n) is 11.1. The Balaban J connectivity index is 1.68. The number of methoxy groups -OCH3 is 2. The van der Waals surface area contributed by atoms with Crippen LogP contribution in [0.2, 0.25) is 0 Å². The molecular formula is C23H37NO7. The number of hydrogen-bond donors (Lipinski definition) is 5. The molecule has 5 aliphatic carbocycles. The number of aliphatic hydroxyl groups excluding tert-OH is 3. The summed E-state index contributed by atoms with van der Waals surface area (Å²) in [6.45, 7) is 3.23. The molecule has 176 valence electrons. The standard InChI is InChI=1S/C23H37NO7/c1-4-24-9-20(10-25)6-5-14(26)22-12-7-11-13(30-2)8-21(28,15(12)16(11)27)23(29,19(22)24)18(31-3)17(20)22/h11-19,25-29H,4-10H2,1-3H3/t11-,12-,13+,14?,15-,16+,17-,18?,19+,20+,21-,22+,23-/m1/s1. The summed E-state index contributed by atoms with van der Waals surface area (Å²) in [5.74, 6) is -1.15. The Hall–Kier alpha value is -0.320. The zero-order valence-electron chi connectivity index (χ0n) is 18.6. The lowest BCUT2D eigenvalue weighted by Crippen LogP contribution is -2.81. The largest absolute Gasteiger partial charge is 0.396 e. The number of piperidine rings is 1. The third-order valence-corrected chi connectivity index (χ3v) is 11.1. The summed E-state index contributed by atoms with van der Waals surface area (Å²) in [4.78, 5) is 2.18. The average Bonchev–Trinajstić information content (AvgIpc) is 3.13. The number of aliphatic hydroxyl groups is 5. The highest BCUT2D eigenvalue weighted by Crippen LogP contribution is 2.80. The van der Waals surface area contributed by atoms with E-state index in [1.54, 1.807) is 14.2 Å². The molecule has 2 unspecified atom stereocenters. The van der Waals surface area contributed by atoms with Gasteiger partial charge in [0.2, 0.25) is 0 Å². The Morgan fingerprint density at radius 2 is 1.87 bits per heavy atom. The first-order chi connectivity index (χ1) is 14.7. The lowest BCUT2D eigenvalue weighted by molar-refractivity contribution is -0.317. The molecule has 5 N–H and O–H groups in total. The lowest BCUT2D eigenvalue weighted by atomic mass is 9.42. The predicted octanol–water partition coefficient (Wildman–Crippen LogP) is -1.04.